The molecule has 4 heterocycles. The smallest absolute Gasteiger partial charge is 0.121 e. The topological polar surface area (TPSA) is 45.4 Å². The number of nitrogens with zero attached hydrogens (tertiary/aromatic N) is 4. The molecule has 5 nitrogen and oxygen atoms in total. The molecule has 1 radical (unpaired) electrons. The summed E-state index contributed by atoms with van der Waals surface area (Å²) in [5.41, 5.74) is 16.8. The van der Waals surface area contributed by atoms with Gasteiger partial charge in [0.2, 0.25) is 0 Å². The number of hydrogen-bond donors (Lipinski definition) is 0. The molecule has 0 aliphatic carbocycles. The molecule has 7 heteroatoms. The van der Waals surface area contributed by atoms with E-state index in [9.17, 15) is 4.39 Å². The molecule has 1 aliphatic rings. The number of aryl methyl sites for hydroxylation is 2. The number of benzene rings is 7. The zero-order chi connectivity index (χ0) is 43.6. The van der Waals surface area contributed by atoms with E-state index in [1.807, 2.05) is 96.7 Å². The molecular formula is C58H41FIrN4O-4. The minimum absolute atomic E-state index is 0. The molecule has 0 saturated heterocycles. The van der Waals surface area contributed by atoms with Gasteiger partial charge in [-0.05, 0) is 101 Å². The van der Waals surface area contributed by atoms with Gasteiger partial charge >= 0.3 is 0 Å². The fourth-order valence-electron chi connectivity index (χ4n) is 7.86. The predicted octanol–water partition coefficient (Wildman–Crippen LogP) is 14.6. The average Bonchev–Trinajstić information content (AvgIpc) is 3.96. The maximum atomic E-state index is 13.4. The van der Waals surface area contributed by atoms with Gasteiger partial charge in [-0.2, -0.15) is 6.67 Å². The van der Waals surface area contributed by atoms with Gasteiger partial charge in [0, 0.05) is 37.5 Å². The molecule has 0 N–H and O–H groups in total. The second-order valence-electron chi connectivity index (χ2n) is 15.9. The summed E-state index contributed by atoms with van der Waals surface area (Å²) in [5.74, 6) is -0.312. The predicted molar refractivity (Wildman–Crippen MR) is 258 cm³/mol. The van der Waals surface area contributed by atoms with Crippen LogP contribution in [0.25, 0.3) is 89.1 Å². The van der Waals surface area contributed by atoms with Crippen LogP contribution in [0, 0.1) is 44.5 Å². The fourth-order valence-corrected chi connectivity index (χ4v) is 7.86. The summed E-state index contributed by atoms with van der Waals surface area (Å²) >= 11 is 0. The monoisotopic (exact) mass is 1020 g/mol. The number of pyridine rings is 2. The van der Waals surface area contributed by atoms with Crippen molar-refractivity contribution in [3.05, 3.63) is 230 Å². The van der Waals surface area contributed by atoms with Crippen LogP contribution in [0.3, 0.4) is 0 Å². The maximum Gasteiger partial charge on any atom is 0.121 e. The zero-order valence-corrected chi connectivity index (χ0v) is 38.3. The van der Waals surface area contributed by atoms with Gasteiger partial charge in [-0.25, -0.2) is 0 Å². The van der Waals surface area contributed by atoms with Crippen molar-refractivity contribution in [2.24, 2.45) is 0 Å². The Balaban J connectivity index is 0.000000162. The van der Waals surface area contributed by atoms with Gasteiger partial charge in [0.05, 0.1) is 5.58 Å². The number of aromatic nitrogens is 2. The SMILES string of the molecule is Cc1cnc(-c2[c-]c(N3C=CN(C)[CH-]3)c3oc4cc(-c5ccccc5)ccc4c3c2)cc1C.Fc1c[c-]c(-c2cc(-c3ccc(-c4ccccc4)cc3)cc(-c3[c-]cccc3)n2)cc1.[Ir]. The van der Waals surface area contributed by atoms with Gasteiger partial charge in [0.1, 0.15) is 5.58 Å². The summed E-state index contributed by atoms with van der Waals surface area (Å²) in [6.07, 6.45) is 5.96. The minimum atomic E-state index is -0.312. The summed E-state index contributed by atoms with van der Waals surface area (Å²) in [7, 11) is 2.01. The third-order valence-electron chi connectivity index (χ3n) is 11.5. The fraction of sp³-hybridized carbons (Fsp3) is 0.0517. The van der Waals surface area contributed by atoms with Gasteiger partial charge in [-0.1, -0.05) is 126 Å². The molecule has 1 aliphatic heterocycles. The van der Waals surface area contributed by atoms with Gasteiger partial charge < -0.3 is 24.2 Å². The molecule has 10 aromatic rings. The Labute approximate surface area is 392 Å². The van der Waals surface area contributed by atoms with Crippen LogP contribution in [0.5, 0.6) is 0 Å². The first-order valence-electron chi connectivity index (χ1n) is 21.1. The van der Waals surface area contributed by atoms with Crippen molar-refractivity contribution in [2.45, 2.75) is 13.8 Å². The largest absolute Gasteiger partial charge is 0.510 e. The first-order valence-corrected chi connectivity index (χ1v) is 21.1. The molecule has 319 valence electrons. The number of fused-ring (bicyclic) bond motifs is 3. The Bertz CT molecular complexity index is 3280. The van der Waals surface area contributed by atoms with Gasteiger partial charge in [-0.3, -0.25) is 4.39 Å². The van der Waals surface area contributed by atoms with Crippen LogP contribution in [-0.2, 0) is 20.1 Å². The Kier molecular flexibility index (Phi) is 12.3. The Morgan fingerprint density at radius 2 is 1.22 bits per heavy atom. The Morgan fingerprint density at radius 3 is 1.85 bits per heavy atom. The third-order valence-corrected chi connectivity index (χ3v) is 11.5. The molecule has 11 rings (SSSR count). The van der Waals surface area contributed by atoms with E-state index >= 15 is 0 Å². The Hall–Kier alpha value is -7.44. The summed E-state index contributed by atoms with van der Waals surface area (Å²) < 4.78 is 19.9. The molecule has 0 fully saturated rings. The molecule has 0 bridgehead atoms. The number of rotatable bonds is 7. The van der Waals surface area contributed by atoms with Crippen LogP contribution in [0.15, 0.2) is 193 Å². The normalized spacial score (nSPS) is 12.0. The van der Waals surface area contributed by atoms with Crippen LogP contribution in [0.1, 0.15) is 11.1 Å². The van der Waals surface area contributed by atoms with Gasteiger partial charge in [-0.15, -0.1) is 83.4 Å². The number of halogens is 1. The zero-order valence-electron chi connectivity index (χ0n) is 35.9. The summed E-state index contributed by atoms with van der Waals surface area (Å²) in [4.78, 5) is 13.6. The molecule has 7 aromatic carbocycles. The maximum absolute atomic E-state index is 13.4. The summed E-state index contributed by atoms with van der Waals surface area (Å²) in [6.45, 7) is 6.22. The molecule has 65 heavy (non-hydrogen) atoms. The van der Waals surface area contributed by atoms with Crippen LogP contribution >= 0.6 is 0 Å². The molecule has 0 saturated carbocycles. The van der Waals surface area contributed by atoms with Gasteiger partial charge in [0.25, 0.3) is 0 Å². The third kappa shape index (κ3) is 9.16. The Morgan fingerprint density at radius 1 is 0.569 bits per heavy atom. The van der Waals surface area contributed by atoms with Crippen LogP contribution < -0.4 is 4.90 Å². The van der Waals surface area contributed by atoms with E-state index in [1.165, 1.54) is 39.9 Å². The second-order valence-corrected chi connectivity index (χ2v) is 15.9. The van der Waals surface area contributed by atoms with E-state index in [0.717, 1.165) is 78.1 Å². The summed E-state index contributed by atoms with van der Waals surface area (Å²) in [6, 6.07) is 66.1. The quantitative estimate of drug-likeness (QED) is 0.149. The average molecular weight is 1020 g/mol. The van der Waals surface area contributed by atoms with E-state index in [4.69, 9.17) is 14.4 Å². The van der Waals surface area contributed by atoms with E-state index < -0.39 is 0 Å². The number of hydrogen-bond acceptors (Lipinski definition) is 5. The van der Waals surface area contributed by atoms with Crippen molar-refractivity contribution in [1.82, 2.24) is 14.9 Å². The van der Waals surface area contributed by atoms with Crippen molar-refractivity contribution in [2.75, 3.05) is 11.9 Å². The van der Waals surface area contributed by atoms with E-state index in [1.54, 1.807) is 6.07 Å². The molecule has 0 spiro atoms. The molecular weight excluding hydrogens is 980 g/mol. The van der Waals surface area contributed by atoms with E-state index in [0.29, 0.717) is 0 Å². The molecule has 3 aromatic heterocycles. The van der Waals surface area contributed by atoms with Crippen LogP contribution in [-0.4, -0.2) is 21.9 Å². The first kappa shape index (κ1) is 42.8. The molecule has 0 unspecified atom stereocenters. The number of anilines is 1. The van der Waals surface area contributed by atoms with E-state index in [-0.39, 0.29) is 25.9 Å². The number of furan rings is 1. The minimum Gasteiger partial charge on any atom is -0.510 e. The molecule has 0 amide bonds. The molecule has 0 atom stereocenters. The van der Waals surface area contributed by atoms with Crippen molar-refractivity contribution in [3.8, 4) is 67.2 Å². The van der Waals surface area contributed by atoms with Crippen LogP contribution in [0.2, 0.25) is 0 Å². The summed E-state index contributed by atoms with van der Waals surface area (Å²) in [5, 5.41) is 2.14. The van der Waals surface area contributed by atoms with Crippen molar-refractivity contribution >= 4 is 27.6 Å². The first-order chi connectivity index (χ1) is 31.3. The van der Waals surface area contributed by atoms with Crippen molar-refractivity contribution in [3.63, 3.8) is 0 Å². The van der Waals surface area contributed by atoms with Gasteiger partial charge in [0.15, 0.2) is 0 Å². The second kappa shape index (κ2) is 18.7. The van der Waals surface area contributed by atoms with Crippen molar-refractivity contribution < 1.29 is 28.9 Å². The van der Waals surface area contributed by atoms with Crippen LogP contribution in [0.4, 0.5) is 10.1 Å². The van der Waals surface area contributed by atoms with E-state index in [2.05, 4.69) is 129 Å². The standard InChI is InChI=1S/C29H18FN.C29H23N3O.Ir/c30-27-17-15-25(16-18-27)29-20-26(19-28(31-29)24-9-5-2-6-10-24)23-13-11-22(12-14-23)21-7-3-1-4-8-21;1-19-13-26(30-17-20(19)2)23-14-25-24-10-9-22(21-7-5-4-6-8-21)16-28(24)33-29(25)27(15-23)32-12-11-31(3)18-32;/h1-9,11-15,17-20H;4-14,16-18H,1-3H3;/q2*-2;. The van der Waals surface area contributed by atoms with Crippen molar-refractivity contribution in [1.29, 1.82) is 0 Å².